The Hall–Kier alpha value is -2.73. The minimum Gasteiger partial charge on any atom is -0.457 e. The van der Waals surface area contributed by atoms with Crippen molar-refractivity contribution in [3.8, 4) is 23.0 Å². The van der Waals surface area contributed by atoms with Gasteiger partial charge in [-0.05, 0) is 29.8 Å². The van der Waals surface area contributed by atoms with Gasteiger partial charge in [0.2, 0.25) is 12.7 Å². The molecule has 0 aliphatic carbocycles. The van der Waals surface area contributed by atoms with Crippen LogP contribution in [-0.2, 0) is 11.3 Å². The Morgan fingerprint density at radius 1 is 1.09 bits per heavy atom. The molecule has 0 unspecified atom stereocenters. The molecule has 0 atom stereocenters. The molecule has 2 aromatic carbocycles. The highest BCUT2D eigenvalue weighted by atomic mass is 16.7. The summed E-state index contributed by atoms with van der Waals surface area (Å²) in [5, 5.41) is 2.95. The maximum atomic E-state index is 10.6. The summed E-state index contributed by atoms with van der Waals surface area (Å²) in [4.78, 5) is 10.6. The van der Waals surface area contributed by atoms with E-state index in [0.717, 1.165) is 17.1 Å². The number of ether oxygens (including phenoxy) is 3. The van der Waals surface area contributed by atoms with E-state index in [1.807, 2.05) is 36.4 Å². The van der Waals surface area contributed by atoms with Crippen molar-refractivity contribution in [2.45, 2.75) is 6.54 Å². The van der Waals surface area contributed by atoms with Crippen LogP contribution < -0.4 is 25.3 Å². The fourth-order valence-corrected chi connectivity index (χ4v) is 2.08. The molecule has 6 heteroatoms. The van der Waals surface area contributed by atoms with Gasteiger partial charge in [-0.15, -0.1) is 0 Å². The standard InChI is InChI=1S/C16H16N2O4/c17-16(19)9-18-8-11-1-3-12(4-2-11)22-13-5-6-14-15(7-13)21-10-20-14/h1-7,18H,8-10H2,(H2,17,19). The second-order valence-corrected chi connectivity index (χ2v) is 4.83. The Balaban J connectivity index is 1.60. The van der Waals surface area contributed by atoms with Crippen LogP contribution in [0.25, 0.3) is 0 Å². The molecule has 22 heavy (non-hydrogen) atoms. The maximum absolute atomic E-state index is 10.6. The summed E-state index contributed by atoms with van der Waals surface area (Å²) in [6.45, 7) is 0.981. The van der Waals surface area contributed by atoms with Crippen molar-refractivity contribution in [3.05, 3.63) is 48.0 Å². The zero-order valence-electron chi connectivity index (χ0n) is 11.9. The monoisotopic (exact) mass is 300 g/mol. The summed E-state index contributed by atoms with van der Waals surface area (Å²) in [6.07, 6.45) is 0. The predicted molar refractivity (Wildman–Crippen MR) is 80.0 cm³/mol. The zero-order chi connectivity index (χ0) is 15.4. The molecular weight excluding hydrogens is 284 g/mol. The summed E-state index contributed by atoms with van der Waals surface area (Å²) in [5.41, 5.74) is 6.11. The Morgan fingerprint density at radius 3 is 2.59 bits per heavy atom. The van der Waals surface area contributed by atoms with Gasteiger partial charge in [0.1, 0.15) is 11.5 Å². The lowest BCUT2D eigenvalue weighted by atomic mass is 10.2. The van der Waals surface area contributed by atoms with Crippen LogP contribution in [-0.4, -0.2) is 19.2 Å². The highest BCUT2D eigenvalue weighted by molar-refractivity contribution is 5.75. The SMILES string of the molecule is NC(=O)CNCc1ccc(Oc2ccc3c(c2)OCO3)cc1. The summed E-state index contributed by atoms with van der Waals surface area (Å²) in [7, 11) is 0. The molecule has 0 saturated heterocycles. The van der Waals surface area contributed by atoms with Crippen molar-refractivity contribution in [1.82, 2.24) is 5.32 Å². The fourth-order valence-electron chi connectivity index (χ4n) is 2.08. The maximum Gasteiger partial charge on any atom is 0.231 e. The van der Waals surface area contributed by atoms with Crippen LogP contribution in [0.15, 0.2) is 42.5 Å². The highest BCUT2D eigenvalue weighted by Crippen LogP contribution is 2.36. The second-order valence-electron chi connectivity index (χ2n) is 4.83. The second kappa shape index (κ2) is 6.36. The lowest BCUT2D eigenvalue weighted by Gasteiger charge is -2.08. The Morgan fingerprint density at radius 2 is 1.82 bits per heavy atom. The van der Waals surface area contributed by atoms with Gasteiger partial charge in [-0.25, -0.2) is 0 Å². The Kier molecular flexibility index (Phi) is 4.11. The van der Waals surface area contributed by atoms with E-state index < -0.39 is 0 Å². The van der Waals surface area contributed by atoms with E-state index >= 15 is 0 Å². The molecule has 6 nitrogen and oxygen atoms in total. The third-order valence-electron chi connectivity index (χ3n) is 3.13. The number of primary amides is 1. The molecule has 3 rings (SSSR count). The number of amides is 1. The van der Waals surface area contributed by atoms with Crippen LogP contribution in [0.1, 0.15) is 5.56 Å². The lowest BCUT2D eigenvalue weighted by molar-refractivity contribution is -0.117. The number of fused-ring (bicyclic) bond motifs is 1. The van der Waals surface area contributed by atoms with Gasteiger partial charge in [-0.2, -0.15) is 0 Å². The molecule has 0 saturated carbocycles. The molecule has 0 radical (unpaired) electrons. The highest BCUT2D eigenvalue weighted by Gasteiger charge is 2.13. The summed E-state index contributed by atoms with van der Waals surface area (Å²) in [6, 6.07) is 13.0. The minimum atomic E-state index is -0.372. The number of nitrogens with two attached hydrogens (primary N) is 1. The smallest absolute Gasteiger partial charge is 0.231 e. The first-order valence-electron chi connectivity index (χ1n) is 6.86. The van der Waals surface area contributed by atoms with Gasteiger partial charge in [-0.1, -0.05) is 12.1 Å². The molecule has 1 amide bonds. The van der Waals surface area contributed by atoms with E-state index in [2.05, 4.69) is 5.32 Å². The van der Waals surface area contributed by atoms with E-state index in [1.54, 1.807) is 6.07 Å². The molecule has 114 valence electrons. The molecule has 2 aromatic rings. The van der Waals surface area contributed by atoms with Crippen molar-refractivity contribution >= 4 is 5.91 Å². The number of nitrogens with one attached hydrogen (secondary N) is 1. The molecule has 0 fully saturated rings. The number of hydrogen-bond donors (Lipinski definition) is 2. The summed E-state index contributed by atoms with van der Waals surface area (Å²) in [5.74, 6) is 2.44. The van der Waals surface area contributed by atoms with Crippen molar-refractivity contribution in [3.63, 3.8) is 0 Å². The predicted octanol–water partition coefficient (Wildman–Crippen LogP) is 1.78. The molecule has 0 spiro atoms. The first-order chi connectivity index (χ1) is 10.7. The van der Waals surface area contributed by atoms with Crippen LogP contribution in [0, 0.1) is 0 Å². The summed E-state index contributed by atoms with van der Waals surface area (Å²) < 4.78 is 16.3. The normalized spacial score (nSPS) is 12.2. The molecule has 3 N–H and O–H groups in total. The number of benzene rings is 2. The quantitative estimate of drug-likeness (QED) is 0.849. The van der Waals surface area contributed by atoms with E-state index in [-0.39, 0.29) is 19.2 Å². The Labute approximate surface area is 127 Å². The number of hydrogen-bond acceptors (Lipinski definition) is 5. The van der Waals surface area contributed by atoms with E-state index in [1.165, 1.54) is 0 Å². The molecule has 1 aliphatic rings. The van der Waals surface area contributed by atoms with Gasteiger partial charge in [-0.3, -0.25) is 4.79 Å². The van der Waals surface area contributed by atoms with Gasteiger partial charge in [0.15, 0.2) is 11.5 Å². The van der Waals surface area contributed by atoms with Crippen molar-refractivity contribution in [1.29, 1.82) is 0 Å². The Bertz CT molecular complexity index is 670. The topological polar surface area (TPSA) is 82.8 Å². The van der Waals surface area contributed by atoms with E-state index in [0.29, 0.717) is 18.0 Å². The van der Waals surface area contributed by atoms with Crippen molar-refractivity contribution < 1.29 is 19.0 Å². The zero-order valence-corrected chi connectivity index (χ0v) is 11.9. The third kappa shape index (κ3) is 3.48. The van der Waals surface area contributed by atoms with Crippen molar-refractivity contribution in [2.24, 2.45) is 5.73 Å². The summed E-state index contributed by atoms with van der Waals surface area (Å²) >= 11 is 0. The number of carbonyl (C=O) groups excluding carboxylic acids is 1. The molecule has 0 bridgehead atoms. The van der Waals surface area contributed by atoms with Crippen molar-refractivity contribution in [2.75, 3.05) is 13.3 Å². The van der Waals surface area contributed by atoms with Crippen LogP contribution in [0.5, 0.6) is 23.0 Å². The molecule has 0 aromatic heterocycles. The fraction of sp³-hybridized carbons (Fsp3) is 0.188. The first kappa shape index (κ1) is 14.2. The molecule has 1 heterocycles. The average molecular weight is 300 g/mol. The van der Waals surface area contributed by atoms with E-state index in [4.69, 9.17) is 19.9 Å². The molecule has 1 aliphatic heterocycles. The van der Waals surface area contributed by atoms with Gasteiger partial charge in [0.05, 0.1) is 6.54 Å². The molecular formula is C16H16N2O4. The van der Waals surface area contributed by atoms with Crippen LogP contribution in [0.2, 0.25) is 0 Å². The average Bonchev–Trinajstić information content (AvgIpc) is 2.96. The number of carbonyl (C=O) groups is 1. The first-order valence-corrected chi connectivity index (χ1v) is 6.86. The van der Waals surface area contributed by atoms with Gasteiger partial charge in [0.25, 0.3) is 0 Å². The largest absolute Gasteiger partial charge is 0.457 e. The lowest BCUT2D eigenvalue weighted by Crippen LogP contribution is -2.28. The van der Waals surface area contributed by atoms with Crippen LogP contribution in [0.4, 0.5) is 0 Å². The van der Waals surface area contributed by atoms with Crippen LogP contribution >= 0.6 is 0 Å². The van der Waals surface area contributed by atoms with Gasteiger partial charge >= 0.3 is 0 Å². The third-order valence-corrected chi connectivity index (χ3v) is 3.13. The van der Waals surface area contributed by atoms with Gasteiger partial charge in [0, 0.05) is 12.6 Å². The van der Waals surface area contributed by atoms with Crippen LogP contribution in [0.3, 0.4) is 0 Å². The van der Waals surface area contributed by atoms with E-state index in [9.17, 15) is 4.79 Å². The number of rotatable bonds is 6. The van der Waals surface area contributed by atoms with Gasteiger partial charge < -0.3 is 25.3 Å². The minimum absolute atomic E-state index is 0.162.